The Labute approximate surface area is 133 Å². The van der Waals surface area contributed by atoms with Gasteiger partial charge in [-0.3, -0.25) is 4.79 Å². The first kappa shape index (κ1) is 15.1. The fourth-order valence-corrected chi connectivity index (χ4v) is 5.35. The van der Waals surface area contributed by atoms with Gasteiger partial charge in [-0.25, -0.2) is 8.42 Å². The second-order valence-electron chi connectivity index (χ2n) is 5.64. The van der Waals surface area contributed by atoms with Crippen LogP contribution in [0, 0.1) is 5.92 Å². The molecule has 1 fully saturated rings. The number of rotatable bonds is 1. The van der Waals surface area contributed by atoms with E-state index < -0.39 is 15.8 Å². The lowest BCUT2D eigenvalue weighted by molar-refractivity contribution is -0.135. The Morgan fingerprint density at radius 1 is 1.29 bits per heavy atom. The molecular formula is C14H15Cl2NO3S. The van der Waals surface area contributed by atoms with Crippen LogP contribution in [0.5, 0.6) is 0 Å². The summed E-state index contributed by atoms with van der Waals surface area (Å²) in [5.74, 6) is -0.386. The number of amides is 1. The molecule has 7 heteroatoms. The number of hydrogen-bond acceptors (Lipinski definition) is 3. The first-order valence-corrected chi connectivity index (χ1v) is 9.39. The minimum absolute atomic E-state index is 0.0243. The van der Waals surface area contributed by atoms with Crippen LogP contribution >= 0.6 is 23.2 Å². The van der Waals surface area contributed by atoms with Crippen molar-refractivity contribution in [2.45, 2.75) is 19.4 Å². The number of sulfone groups is 1. The zero-order valence-corrected chi connectivity index (χ0v) is 13.6. The summed E-state index contributed by atoms with van der Waals surface area (Å²) in [5.41, 5.74) is 1.98. The standard InChI is InChI=1S/C14H15Cl2NO3S/c15-11-5-9-1-3-17(7-12(9)13(16)6-11)14(18)10-2-4-21(19,20)8-10/h5-6,10H,1-4,7-8H2/t10-/m1/s1. The van der Waals surface area contributed by atoms with Crippen LogP contribution < -0.4 is 0 Å². The number of nitrogens with zero attached hydrogens (tertiary/aromatic N) is 1. The summed E-state index contributed by atoms with van der Waals surface area (Å²) in [4.78, 5) is 14.2. The van der Waals surface area contributed by atoms with Crippen molar-refractivity contribution in [2.75, 3.05) is 18.1 Å². The van der Waals surface area contributed by atoms with Crippen molar-refractivity contribution in [3.05, 3.63) is 33.3 Å². The Morgan fingerprint density at radius 2 is 2.05 bits per heavy atom. The molecule has 2 aliphatic rings. The predicted molar refractivity (Wildman–Crippen MR) is 82.3 cm³/mol. The molecule has 21 heavy (non-hydrogen) atoms. The van der Waals surface area contributed by atoms with E-state index in [9.17, 15) is 13.2 Å². The molecule has 0 aromatic heterocycles. The van der Waals surface area contributed by atoms with E-state index in [2.05, 4.69) is 0 Å². The third-order valence-electron chi connectivity index (χ3n) is 4.15. The molecule has 0 N–H and O–H groups in total. The summed E-state index contributed by atoms with van der Waals surface area (Å²) >= 11 is 12.2. The Balaban J connectivity index is 1.79. The third-order valence-corrected chi connectivity index (χ3v) is 6.47. The van der Waals surface area contributed by atoms with Crippen molar-refractivity contribution in [1.82, 2.24) is 4.90 Å². The molecule has 4 nitrogen and oxygen atoms in total. The van der Waals surface area contributed by atoms with Gasteiger partial charge in [-0.2, -0.15) is 0 Å². The van der Waals surface area contributed by atoms with Crippen LogP contribution in [-0.4, -0.2) is 37.3 Å². The zero-order valence-electron chi connectivity index (χ0n) is 11.3. The van der Waals surface area contributed by atoms with Crippen LogP contribution in [0.4, 0.5) is 0 Å². The molecule has 1 aromatic carbocycles. The maximum atomic E-state index is 12.5. The Kier molecular flexibility index (Phi) is 3.93. The van der Waals surface area contributed by atoms with E-state index in [1.54, 1.807) is 11.0 Å². The second-order valence-corrected chi connectivity index (χ2v) is 8.71. The van der Waals surface area contributed by atoms with Crippen LogP contribution in [0.2, 0.25) is 10.0 Å². The molecular weight excluding hydrogens is 333 g/mol. The highest BCUT2D eigenvalue weighted by atomic mass is 35.5. The SMILES string of the molecule is O=C([C@@H]1CCS(=O)(=O)C1)N1CCc2cc(Cl)cc(Cl)c2C1. The van der Waals surface area contributed by atoms with Crippen LogP contribution in [0.3, 0.4) is 0 Å². The van der Waals surface area contributed by atoms with Crippen molar-refractivity contribution in [1.29, 1.82) is 0 Å². The Bertz CT molecular complexity index is 702. The number of benzene rings is 1. The van der Waals surface area contributed by atoms with Gasteiger partial charge in [-0.1, -0.05) is 23.2 Å². The van der Waals surface area contributed by atoms with Crippen LogP contribution in [-0.2, 0) is 27.6 Å². The molecule has 3 rings (SSSR count). The first-order valence-electron chi connectivity index (χ1n) is 6.82. The van der Waals surface area contributed by atoms with E-state index in [-0.39, 0.29) is 17.4 Å². The van der Waals surface area contributed by atoms with E-state index in [0.717, 1.165) is 11.1 Å². The van der Waals surface area contributed by atoms with Crippen molar-refractivity contribution in [2.24, 2.45) is 5.92 Å². The molecule has 2 aliphatic heterocycles. The van der Waals surface area contributed by atoms with Gasteiger partial charge in [-0.15, -0.1) is 0 Å². The van der Waals surface area contributed by atoms with E-state index in [4.69, 9.17) is 23.2 Å². The number of halogens is 2. The normalized spacial score (nSPS) is 23.9. The van der Waals surface area contributed by atoms with Gasteiger partial charge in [0.1, 0.15) is 0 Å². The van der Waals surface area contributed by atoms with Gasteiger partial charge in [0.15, 0.2) is 9.84 Å². The summed E-state index contributed by atoms with van der Waals surface area (Å²) in [6.45, 7) is 1.01. The fourth-order valence-electron chi connectivity index (χ4n) is 3.02. The van der Waals surface area contributed by atoms with Gasteiger partial charge in [-0.05, 0) is 36.1 Å². The van der Waals surface area contributed by atoms with Gasteiger partial charge in [0.05, 0.1) is 17.4 Å². The van der Waals surface area contributed by atoms with E-state index >= 15 is 0 Å². The summed E-state index contributed by atoms with van der Waals surface area (Å²) in [5, 5.41) is 1.16. The highest BCUT2D eigenvalue weighted by Crippen LogP contribution is 2.31. The lowest BCUT2D eigenvalue weighted by atomic mass is 9.98. The second kappa shape index (κ2) is 5.45. The summed E-state index contributed by atoms with van der Waals surface area (Å²) in [7, 11) is -3.04. The molecule has 1 amide bonds. The molecule has 0 spiro atoms. The van der Waals surface area contributed by atoms with E-state index in [1.165, 1.54) is 0 Å². The highest BCUT2D eigenvalue weighted by Gasteiger charge is 2.36. The average Bonchev–Trinajstić information content (AvgIpc) is 2.78. The van der Waals surface area contributed by atoms with E-state index in [0.29, 0.717) is 36.0 Å². The van der Waals surface area contributed by atoms with Crippen molar-refractivity contribution < 1.29 is 13.2 Å². The molecule has 1 aromatic rings. The maximum Gasteiger partial charge on any atom is 0.227 e. The topological polar surface area (TPSA) is 54.5 Å². The summed E-state index contributed by atoms with van der Waals surface area (Å²) in [6, 6.07) is 3.56. The molecule has 0 bridgehead atoms. The largest absolute Gasteiger partial charge is 0.338 e. The van der Waals surface area contributed by atoms with E-state index in [1.807, 2.05) is 6.07 Å². The van der Waals surface area contributed by atoms with Gasteiger partial charge in [0.2, 0.25) is 5.91 Å². The molecule has 1 saturated heterocycles. The van der Waals surface area contributed by atoms with Crippen LogP contribution in [0.15, 0.2) is 12.1 Å². The van der Waals surface area contributed by atoms with Gasteiger partial charge < -0.3 is 4.90 Å². The number of carbonyl (C=O) groups excluding carboxylic acids is 1. The Morgan fingerprint density at radius 3 is 2.71 bits per heavy atom. The van der Waals surface area contributed by atoms with Crippen molar-refractivity contribution in [3.63, 3.8) is 0 Å². The average molecular weight is 348 g/mol. The molecule has 1 atom stereocenters. The lowest BCUT2D eigenvalue weighted by Gasteiger charge is -2.31. The third kappa shape index (κ3) is 3.05. The number of fused-ring (bicyclic) bond motifs is 1. The Hall–Kier alpha value is -0.780. The van der Waals surface area contributed by atoms with Gasteiger partial charge in [0, 0.05) is 23.1 Å². The van der Waals surface area contributed by atoms with Gasteiger partial charge in [0.25, 0.3) is 0 Å². The highest BCUT2D eigenvalue weighted by molar-refractivity contribution is 7.91. The minimum atomic E-state index is -3.04. The molecule has 0 radical (unpaired) electrons. The number of carbonyl (C=O) groups is 1. The molecule has 0 unspecified atom stereocenters. The molecule has 2 heterocycles. The molecule has 114 valence electrons. The zero-order chi connectivity index (χ0) is 15.2. The van der Waals surface area contributed by atoms with Crippen LogP contribution in [0.1, 0.15) is 17.5 Å². The quantitative estimate of drug-likeness (QED) is 0.783. The summed E-state index contributed by atoms with van der Waals surface area (Å²) < 4.78 is 23.0. The lowest BCUT2D eigenvalue weighted by Crippen LogP contribution is -2.40. The van der Waals surface area contributed by atoms with Crippen molar-refractivity contribution in [3.8, 4) is 0 Å². The monoisotopic (exact) mass is 347 g/mol. The smallest absolute Gasteiger partial charge is 0.227 e. The molecule has 0 aliphatic carbocycles. The predicted octanol–water partition coefficient (Wildman–Crippen LogP) is 2.31. The van der Waals surface area contributed by atoms with Gasteiger partial charge >= 0.3 is 0 Å². The number of hydrogen-bond donors (Lipinski definition) is 0. The maximum absolute atomic E-state index is 12.5. The summed E-state index contributed by atoms with van der Waals surface area (Å²) in [6.07, 6.45) is 1.12. The molecule has 0 saturated carbocycles. The van der Waals surface area contributed by atoms with Crippen molar-refractivity contribution >= 4 is 38.9 Å². The van der Waals surface area contributed by atoms with Crippen LogP contribution in [0.25, 0.3) is 0 Å². The fraction of sp³-hybridized carbons (Fsp3) is 0.500. The minimum Gasteiger partial charge on any atom is -0.338 e. The first-order chi connectivity index (χ1) is 9.85.